The van der Waals surface area contributed by atoms with Gasteiger partial charge in [-0.1, -0.05) is 62.3 Å². The van der Waals surface area contributed by atoms with Gasteiger partial charge in [0.1, 0.15) is 0 Å². The molecule has 158 valence electrons. The fourth-order valence-corrected chi connectivity index (χ4v) is 8.34. The van der Waals surface area contributed by atoms with Crippen molar-refractivity contribution in [2.45, 2.75) is 107 Å². The van der Waals surface area contributed by atoms with Crippen LogP contribution in [-0.2, 0) is 4.79 Å². The summed E-state index contributed by atoms with van der Waals surface area (Å²) < 4.78 is 0. The van der Waals surface area contributed by atoms with Crippen molar-refractivity contribution >= 4 is 5.91 Å². The predicted molar refractivity (Wildman–Crippen MR) is 117 cm³/mol. The second kappa shape index (κ2) is 7.71. The molecule has 0 N–H and O–H groups in total. The molecule has 4 aliphatic carbocycles. The third-order valence-electron chi connectivity index (χ3n) is 8.84. The molecule has 0 aromatic rings. The van der Waals surface area contributed by atoms with Gasteiger partial charge < -0.3 is 4.90 Å². The Balaban J connectivity index is 0.000000400. The molecule has 5 rings (SSSR count). The molecule has 0 aromatic heterocycles. The van der Waals surface area contributed by atoms with Gasteiger partial charge in [-0.25, -0.2) is 0 Å². The lowest BCUT2D eigenvalue weighted by Crippen LogP contribution is -2.70. The zero-order chi connectivity index (χ0) is 20.7. The maximum Gasteiger partial charge on any atom is 0.228 e. The second-order valence-electron chi connectivity index (χ2n) is 9.98. The van der Waals surface area contributed by atoms with Gasteiger partial charge in [-0.05, 0) is 73.0 Å². The molecule has 4 saturated carbocycles. The van der Waals surface area contributed by atoms with Crippen molar-refractivity contribution in [3.05, 3.63) is 0 Å². The van der Waals surface area contributed by atoms with Crippen molar-refractivity contribution in [2.75, 3.05) is 13.1 Å². The number of nitrogens with zero attached hydrogens (tertiary/aromatic N) is 1. The number of hydrogen-bond donors (Lipinski definition) is 0. The molecule has 2 atom stereocenters. The number of hydrogen-bond acceptors (Lipinski definition) is 1. The Bertz CT molecular complexity index is 510. The molecular formula is C25H47NO. The molecule has 5 aliphatic rings. The average molecular weight is 378 g/mol. The minimum atomic E-state index is 0.0370. The molecule has 0 radical (unpaired) electrons. The van der Waals surface area contributed by atoms with Gasteiger partial charge in [0.25, 0.3) is 0 Å². The summed E-state index contributed by atoms with van der Waals surface area (Å²) in [6.45, 7) is 21.4. The minimum absolute atomic E-state index is 0.0370. The van der Waals surface area contributed by atoms with Crippen LogP contribution in [0.2, 0.25) is 0 Å². The van der Waals surface area contributed by atoms with E-state index in [1.165, 1.54) is 44.9 Å². The van der Waals surface area contributed by atoms with E-state index >= 15 is 0 Å². The Morgan fingerprint density at radius 3 is 1.63 bits per heavy atom. The molecule has 1 spiro atoms. The van der Waals surface area contributed by atoms with Gasteiger partial charge >= 0.3 is 0 Å². The van der Waals surface area contributed by atoms with Crippen LogP contribution < -0.4 is 0 Å². The molecule has 0 aromatic carbocycles. The standard InChI is InChI=1S/C19H29NO.3C2H6/c1-13-4-6-20(7-5-13)15(21)18-10-16(2)8-14-9-17(3,11-18)19(14,16)12-18;3*1-2/h13-14H,4-12H2,1-3H3;3*1-2H3. The highest BCUT2D eigenvalue weighted by Gasteiger charge is 2.87. The van der Waals surface area contributed by atoms with Crippen molar-refractivity contribution in [3.8, 4) is 0 Å². The summed E-state index contributed by atoms with van der Waals surface area (Å²) in [5.41, 5.74) is 1.61. The number of carbonyl (C=O) groups is 1. The first kappa shape index (κ1) is 22.8. The zero-order valence-electron chi connectivity index (χ0n) is 19.9. The maximum absolute atomic E-state index is 13.4. The number of carbonyl (C=O) groups excluding carboxylic acids is 1. The highest BCUT2D eigenvalue weighted by Crippen LogP contribution is 2.93. The largest absolute Gasteiger partial charge is 0.342 e. The fourth-order valence-electron chi connectivity index (χ4n) is 8.34. The molecule has 1 amide bonds. The van der Waals surface area contributed by atoms with Gasteiger partial charge in [0, 0.05) is 13.1 Å². The molecule has 27 heavy (non-hydrogen) atoms. The van der Waals surface area contributed by atoms with Gasteiger partial charge in [-0.3, -0.25) is 4.79 Å². The topological polar surface area (TPSA) is 20.3 Å². The monoisotopic (exact) mass is 377 g/mol. The molecule has 1 heterocycles. The van der Waals surface area contributed by atoms with Crippen LogP contribution in [0.1, 0.15) is 107 Å². The summed E-state index contributed by atoms with van der Waals surface area (Å²) in [6, 6.07) is 0. The first-order valence-corrected chi connectivity index (χ1v) is 12.1. The average Bonchev–Trinajstić information content (AvgIpc) is 3.08. The van der Waals surface area contributed by atoms with Crippen LogP contribution in [-0.4, -0.2) is 23.9 Å². The van der Waals surface area contributed by atoms with E-state index in [9.17, 15) is 4.79 Å². The van der Waals surface area contributed by atoms with Gasteiger partial charge in [-0.2, -0.15) is 0 Å². The lowest BCUT2D eigenvalue weighted by Gasteiger charge is -2.77. The molecule has 2 heteroatoms. The van der Waals surface area contributed by atoms with E-state index < -0.39 is 0 Å². The summed E-state index contributed by atoms with van der Waals surface area (Å²) in [6.07, 6.45) is 8.90. The Morgan fingerprint density at radius 2 is 1.26 bits per heavy atom. The van der Waals surface area contributed by atoms with Crippen LogP contribution in [0.4, 0.5) is 0 Å². The van der Waals surface area contributed by atoms with E-state index in [0.717, 1.165) is 24.9 Å². The van der Waals surface area contributed by atoms with Crippen molar-refractivity contribution in [2.24, 2.45) is 33.5 Å². The SMILES string of the molecule is CC.CC.CC.CC1CCN(C(=O)C23CC4(C)CC5CC(C)(C2)C54C3)CC1. The van der Waals surface area contributed by atoms with Crippen molar-refractivity contribution in [1.82, 2.24) is 4.90 Å². The smallest absolute Gasteiger partial charge is 0.228 e. The summed E-state index contributed by atoms with van der Waals surface area (Å²) in [5, 5.41) is 0. The molecule has 2 unspecified atom stereocenters. The van der Waals surface area contributed by atoms with Crippen LogP contribution in [0.15, 0.2) is 0 Å². The van der Waals surface area contributed by atoms with Crippen LogP contribution in [0.3, 0.4) is 0 Å². The minimum Gasteiger partial charge on any atom is -0.342 e. The van der Waals surface area contributed by atoms with Gasteiger partial charge in [0.15, 0.2) is 0 Å². The van der Waals surface area contributed by atoms with Crippen molar-refractivity contribution in [1.29, 1.82) is 0 Å². The first-order valence-electron chi connectivity index (χ1n) is 12.1. The first-order chi connectivity index (χ1) is 12.8. The normalized spacial score (nSPS) is 45.5. The van der Waals surface area contributed by atoms with Gasteiger partial charge in [-0.15, -0.1) is 0 Å². The summed E-state index contributed by atoms with van der Waals surface area (Å²) >= 11 is 0. The van der Waals surface area contributed by atoms with Gasteiger partial charge in [0.05, 0.1) is 5.41 Å². The Labute approximate surface area is 169 Å². The Morgan fingerprint density at radius 1 is 0.815 bits per heavy atom. The molecular weight excluding hydrogens is 330 g/mol. The van der Waals surface area contributed by atoms with Crippen LogP contribution in [0.25, 0.3) is 0 Å². The summed E-state index contributed by atoms with van der Waals surface area (Å²) in [4.78, 5) is 15.6. The van der Waals surface area contributed by atoms with Crippen LogP contribution >= 0.6 is 0 Å². The molecule has 2 nitrogen and oxygen atoms in total. The molecule has 5 fully saturated rings. The highest BCUT2D eigenvalue weighted by atomic mass is 16.2. The zero-order valence-corrected chi connectivity index (χ0v) is 19.9. The lowest BCUT2D eigenvalue weighted by molar-refractivity contribution is -0.287. The summed E-state index contributed by atoms with van der Waals surface area (Å²) in [7, 11) is 0. The fraction of sp³-hybridized carbons (Fsp3) is 0.960. The number of rotatable bonds is 1. The molecule has 1 saturated heterocycles. The van der Waals surface area contributed by atoms with E-state index in [1.807, 2.05) is 41.5 Å². The Hall–Kier alpha value is -0.530. The number of amides is 1. The predicted octanol–water partition coefficient (Wildman–Crippen LogP) is 6.93. The molecule has 1 aliphatic heterocycles. The van der Waals surface area contributed by atoms with Crippen LogP contribution in [0.5, 0.6) is 0 Å². The third kappa shape index (κ3) is 2.75. The number of piperidine rings is 1. The lowest BCUT2D eigenvalue weighted by atomic mass is 9.27. The van der Waals surface area contributed by atoms with Gasteiger partial charge in [0.2, 0.25) is 5.91 Å². The summed E-state index contributed by atoms with van der Waals surface area (Å²) in [5.74, 6) is 2.32. The maximum atomic E-state index is 13.4. The molecule has 2 bridgehead atoms. The number of likely N-dealkylation sites (tertiary alicyclic amines) is 1. The quantitative estimate of drug-likeness (QED) is 0.485. The Kier molecular flexibility index (Phi) is 6.50. The van der Waals surface area contributed by atoms with E-state index in [2.05, 4.69) is 25.7 Å². The van der Waals surface area contributed by atoms with E-state index in [1.54, 1.807) is 0 Å². The van der Waals surface area contributed by atoms with E-state index in [4.69, 9.17) is 0 Å². The highest BCUT2D eigenvalue weighted by molar-refractivity contribution is 5.85. The van der Waals surface area contributed by atoms with Crippen LogP contribution in [0, 0.1) is 33.5 Å². The third-order valence-corrected chi connectivity index (χ3v) is 8.84. The number of fused-ring (bicyclic) bond motifs is 1. The van der Waals surface area contributed by atoms with E-state index in [0.29, 0.717) is 22.2 Å². The van der Waals surface area contributed by atoms with Crippen molar-refractivity contribution < 1.29 is 4.79 Å². The van der Waals surface area contributed by atoms with E-state index in [-0.39, 0.29) is 5.41 Å². The second-order valence-corrected chi connectivity index (χ2v) is 9.98. The van der Waals surface area contributed by atoms with Crippen molar-refractivity contribution in [3.63, 3.8) is 0 Å².